The molecule has 1 aliphatic heterocycles. The molecule has 1 rings (SSSR count). The number of carbonyl (C=O) groups excluding carboxylic acids is 1. The first-order chi connectivity index (χ1) is 7.69. The Kier molecular flexibility index (Phi) is 5.81. The summed E-state index contributed by atoms with van der Waals surface area (Å²) in [6.45, 7) is 6.82. The number of hydrogen-bond donors (Lipinski definition) is 1. The monoisotopic (exact) mass is 226 g/mol. The van der Waals surface area contributed by atoms with Crippen LogP contribution in [-0.2, 0) is 4.79 Å². The summed E-state index contributed by atoms with van der Waals surface area (Å²) in [5, 5.41) is 0. The van der Waals surface area contributed by atoms with Crippen molar-refractivity contribution in [3.05, 3.63) is 0 Å². The molecular formula is C13H26N2O. The normalized spacial score (nSPS) is 23.2. The lowest BCUT2D eigenvalue weighted by Crippen LogP contribution is -2.42. The van der Waals surface area contributed by atoms with Crippen LogP contribution in [0.4, 0.5) is 0 Å². The molecule has 1 aliphatic rings. The first-order valence-electron chi connectivity index (χ1n) is 6.67. The number of nitrogens with zero attached hydrogens (tertiary/aromatic N) is 1. The molecule has 1 amide bonds. The fourth-order valence-electron chi connectivity index (χ4n) is 2.60. The topological polar surface area (TPSA) is 46.3 Å². The summed E-state index contributed by atoms with van der Waals surface area (Å²) >= 11 is 0. The lowest BCUT2D eigenvalue weighted by molar-refractivity contribution is -0.137. The summed E-state index contributed by atoms with van der Waals surface area (Å²) < 4.78 is 0. The van der Waals surface area contributed by atoms with E-state index < -0.39 is 0 Å². The maximum atomic E-state index is 12.1. The average Bonchev–Trinajstić information content (AvgIpc) is 2.29. The number of nitrogens with two attached hydrogens (primary N) is 1. The SMILES string of the molecule is CCCC(C)C(=O)N1CCCC(CCN)C1. The van der Waals surface area contributed by atoms with Crippen molar-refractivity contribution in [3.63, 3.8) is 0 Å². The molecule has 2 atom stereocenters. The predicted octanol–water partition coefficient (Wildman–Crippen LogP) is 2.01. The standard InChI is InChI=1S/C13H26N2O/c1-3-5-11(2)13(16)15-9-4-6-12(10-15)7-8-14/h11-12H,3-10,14H2,1-2H3. The van der Waals surface area contributed by atoms with Crippen molar-refractivity contribution in [3.8, 4) is 0 Å². The highest BCUT2D eigenvalue weighted by Crippen LogP contribution is 2.21. The molecular weight excluding hydrogens is 200 g/mol. The Hall–Kier alpha value is -0.570. The molecule has 16 heavy (non-hydrogen) atoms. The third-order valence-electron chi connectivity index (χ3n) is 3.55. The number of piperidine rings is 1. The molecule has 0 bridgehead atoms. The average molecular weight is 226 g/mol. The summed E-state index contributed by atoms with van der Waals surface area (Å²) in [6.07, 6.45) is 5.55. The largest absolute Gasteiger partial charge is 0.342 e. The first kappa shape index (κ1) is 13.5. The Bertz CT molecular complexity index is 216. The minimum atomic E-state index is 0.196. The van der Waals surface area contributed by atoms with Crippen LogP contribution >= 0.6 is 0 Å². The van der Waals surface area contributed by atoms with Crippen molar-refractivity contribution in [2.24, 2.45) is 17.6 Å². The molecule has 2 unspecified atom stereocenters. The van der Waals surface area contributed by atoms with Gasteiger partial charge >= 0.3 is 0 Å². The van der Waals surface area contributed by atoms with E-state index in [4.69, 9.17) is 5.73 Å². The summed E-state index contributed by atoms with van der Waals surface area (Å²) in [5.74, 6) is 1.18. The summed E-state index contributed by atoms with van der Waals surface area (Å²) in [5.41, 5.74) is 5.58. The molecule has 1 saturated heterocycles. The third kappa shape index (κ3) is 3.78. The van der Waals surface area contributed by atoms with Gasteiger partial charge in [-0.25, -0.2) is 0 Å². The smallest absolute Gasteiger partial charge is 0.225 e. The molecule has 0 saturated carbocycles. The number of likely N-dealkylation sites (tertiary alicyclic amines) is 1. The summed E-state index contributed by atoms with van der Waals surface area (Å²) in [6, 6.07) is 0. The van der Waals surface area contributed by atoms with Crippen molar-refractivity contribution in [2.75, 3.05) is 19.6 Å². The van der Waals surface area contributed by atoms with E-state index in [-0.39, 0.29) is 5.92 Å². The number of rotatable bonds is 5. The molecule has 1 fully saturated rings. The van der Waals surface area contributed by atoms with Gasteiger partial charge in [0.05, 0.1) is 0 Å². The molecule has 0 radical (unpaired) electrons. The van der Waals surface area contributed by atoms with Gasteiger partial charge in [-0.1, -0.05) is 20.3 Å². The van der Waals surface area contributed by atoms with Gasteiger partial charge in [0.25, 0.3) is 0 Å². The van der Waals surface area contributed by atoms with Gasteiger partial charge < -0.3 is 10.6 Å². The molecule has 2 N–H and O–H groups in total. The van der Waals surface area contributed by atoms with E-state index >= 15 is 0 Å². The Morgan fingerprint density at radius 1 is 1.56 bits per heavy atom. The van der Waals surface area contributed by atoms with Crippen LogP contribution in [0.15, 0.2) is 0 Å². The van der Waals surface area contributed by atoms with Gasteiger partial charge in [-0.15, -0.1) is 0 Å². The second kappa shape index (κ2) is 6.89. The lowest BCUT2D eigenvalue weighted by atomic mass is 9.93. The molecule has 1 heterocycles. The molecule has 0 aliphatic carbocycles. The van der Waals surface area contributed by atoms with Crippen LogP contribution in [0.1, 0.15) is 46.0 Å². The molecule has 3 heteroatoms. The van der Waals surface area contributed by atoms with E-state index in [0.717, 1.165) is 45.3 Å². The first-order valence-corrected chi connectivity index (χ1v) is 6.67. The zero-order chi connectivity index (χ0) is 12.0. The molecule has 0 spiro atoms. The predicted molar refractivity (Wildman–Crippen MR) is 67.0 cm³/mol. The lowest BCUT2D eigenvalue weighted by Gasteiger charge is -2.34. The van der Waals surface area contributed by atoms with Gasteiger partial charge in [-0.05, 0) is 38.1 Å². The Balaban J connectivity index is 2.43. The zero-order valence-corrected chi connectivity index (χ0v) is 10.7. The molecule has 0 aromatic rings. The van der Waals surface area contributed by atoms with E-state index in [1.165, 1.54) is 6.42 Å². The summed E-state index contributed by atoms with van der Waals surface area (Å²) in [4.78, 5) is 14.2. The molecule has 94 valence electrons. The highest BCUT2D eigenvalue weighted by Gasteiger charge is 2.25. The number of amides is 1. The van der Waals surface area contributed by atoms with Crippen LogP contribution in [0.3, 0.4) is 0 Å². The van der Waals surface area contributed by atoms with Gasteiger partial charge in [-0.3, -0.25) is 4.79 Å². The van der Waals surface area contributed by atoms with E-state index in [1.54, 1.807) is 0 Å². The van der Waals surface area contributed by atoms with E-state index in [0.29, 0.717) is 11.8 Å². The van der Waals surface area contributed by atoms with Gasteiger partial charge in [-0.2, -0.15) is 0 Å². The van der Waals surface area contributed by atoms with Crippen molar-refractivity contribution < 1.29 is 4.79 Å². The number of carbonyl (C=O) groups is 1. The van der Waals surface area contributed by atoms with Crippen LogP contribution < -0.4 is 5.73 Å². The quantitative estimate of drug-likeness (QED) is 0.779. The van der Waals surface area contributed by atoms with Crippen molar-refractivity contribution >= 4 is 5.91 Å². The van der Waals surface area contributed by atoms with Crippen LogP contribution in [0.2, 0.25) is 0 Å². The van der Waals surface area contributed by atoms with Crippen LogP contribution in [-0.4, -0.2) is 30.4 Å². The van der Waals surface area contributed by atoms with Crippen molar-refractivity contribution in [1.82, 2.24) is 4.90 Å². The van der Waals surface area contributed by atoms with E-state index in [9.17, 15) is 4.79 Å². The fraction of sp³-hybridized carbons (Fsp3) is 0.923. The Morgan fingerprint density at radius 2 is 2.31 bits per heavy atom. The third-order valence-corrected chi connectivity index (χ3v) is 3.55. The summed E-state index contributed by atoms with van der Waals surface area (Å²) in [7, 11) is 0. The Labute approximate surface area is 99.4 Å². The maximum Gasteiger partial charge on any atom is 0.225 e. The fourth-order valence-corrected chi connectivity index (χ4v) is 2.60. The minimum absolute atomic E-state index is 0.196. The highest BCUT2D eigenvalue weighted by molar-refractivity contribution is 5.78. The highest BCUT2D eigenvalue weighted by atomic mass is 16.2. The second-order valence-electron chi connectivity index (χ2n) is 5.06. The Morgan fingerprint density at radius 3 is 2.94 bits per heavy atom. The molecule has 0 aromatic carbocycles. The maximum absolute atomic E-state index is 12.1. The van der Waals surface area contributed by atoms with Gasteiger partial charge in [0.2, 0.25) is 5.91 Å². The number of hydrogen-bond acceptors (Lipinski definition) is 2. The molecule has 0 aromatic heterocycles. The minimum Gasteiger partial charge on any atom is -0.342 e. The van der Waals surface area contributed by atoms with Gasteiger partial charge in [0, 0.05) is 19.0 Å². The van der Waals surface area contributed by atoms with Gasteiger partial charge in [0.1, 0.15) is 0 Å². The van der Waals surface area contributed by atoms with E-state index in [2.05, 4.69) is 18.7 Å². The van der Waals surface area contributed by atoms with Crippen LogP contribution in [0, 0.1) is 11.8 Å². The van der Waals surface area contributed by atoms with Crippen LogP contribution in [0.25, 0.3) is 0 Å². The van der Waals surface area contributed by atoms with Gasteiger partial charge in [0.15, 0.2) is 0 Å². The molecule has 3 nitrogen and oxygen atoms in total. The zero-order valence-electron chi connectivity index (χ0n) is 10.7. The van der Waals surface area contributed by atoms with E-state index in [1.807, 2.05) is 0 Å². The van der Waals surface area contributed by atoms with Crippen LogP contribution in [0.5, 0.6) is 0 Å². The second-order valence-corrected chi connectivity index (χ2v) is 5.06. The van der Waals surface area contributed by atoms with Crippen molar-refractivity contribution in [2.45, 2.75) is 46.0 Å². The van der Waals surface area contributed by atoms with Crippen molar-refractivity contribution in [1.29, 1.82) is 0 Å².